The Labute approximate surface area is 80.6 Å². The highest BCUT2D eigenvalue weighted by molar-refractivity contribution is 7.16. The standard InChI is InChI=1S/C8H10ClNOS/c1-3-5(11)7-6(4-2)12-8(9)10-7/h3-4H2,1-2H3. The Balaban J connectivity index is 3.04. The Morgan fingerprint density at radius 1 is 1.58 bits per heavy atom. The van der Waals surface area contributed by atoms with Gasteiger partial charge in [-0.3, -0.25) is 4.79 Å². The monoisotopic (exact) mass is 203 g/mol. The number of aryl methyl sites for hydroxylation is 1. The lowest BCUT2D eigenvalue weighted by Gasteiger charge is -1.93. The van der Waals surface area contributed by atoms with Gasteiger partial charge in [-0.2, -0.15) is 0 Å². The van der Waals surface area contributed by atoms with Crippen molar-refractivity contribution in [3.63, 3.8) is 0 Å². The number of carbonyl (C=O) groups is 1. The van der Waals surface area contributed by atoms with E-state index in [0.717, 1.165) is 11.3 Å². The number of thiazole rings is 1. The third-order valence-electron chi connectivity index (χ3n) is 1.58. The summed E-state index contributed by atoms with van der Waals surface area (Å²) in [6, 6.07) is 0. The Kier molecular flexibility index (Phi) is 3.23. The fourth-order valence-electron chi connectivity index (χ4n) is 0.948. The first kappa shape index (κ1) is 9.68. The number of hydrogen-bond acceptors (Lipinski definition) is 3. The van der Waals surface area contributed by atoms with Gasteiger partial charge in [0.2, 0.25) is 0 Å². The molecule has 1 aromatic rings. The lowest BCUT2D eigenvalue weighted by molar-refractivity contribution is 0.0983. The topological polar surface area (TPSA) is 30.0 Å². The van der Waals surface area contributed by atoms with Crippen LogP contribution in [-0.2, 0) is 6.42 Å². The van der Waals surface area contributed by atoms with E-state index < -0.39 is 0 Å². The number of rotatable bonds is 3. The van der Waals surface area contributed by atoms with Crippen LogP contribution in [0.5, 0.6) is 0 Å². The molecule has 0 aromatic carbocycles. The van der Waals surface area contributed by atoms with Gasteiger partial charge in [0.25, 0.3) is 0 Å². The molecule has 0 saturated heterocycles. The molecule has 0 fully saturated rings. The summed E-state index contributed by atoms with van der Waals surface area (Å²) in [5, 5.41) is 0. The van der Waals surface area contributed by atoms with Gasteiger partial charge in [0.15, 0.2) is 10.3 Å². The molecule has 0 spiro atoms. The number of nitrogens with zero attached hydrogens (tertiary/aromatic N) is 1. The summed E-state index contributed by atoms with van der Waals surface area (Å²) in [7, 11) is 0. The van der Waals surface area contributed by atoms with Crippen LogP contribution in [0.2, 0.25) is 4.47 Å². The van der Waals surface area contributed by atoms with E-state index in [1.807, 2.05) is 13.8 Å². The quantitative estimate of drug-likeness (QED) is 0.707. The highest BCUT2D eigenvalue weighted by atomic mass is 35.5. The van der Waals surface area contributed by atoms with Crippen molar-refractivity contribution in [1.82, 2.24) is 4.98 Å². The van der Waals surface area contributed by atoms with Crippen molar-refractivity contribution in [2.45, 2.75) is 26.7 Å². The molecule has 0 N–H and O–H groups in total. The van der Waals surface area contributed by atoms with Gasteiger partial charge in [0.1, 0.15) is 5.69 Å². The molecule has 0 aliphatic rings. The fourth-order valence-corrected chi connectivity index (χ4v) is 2.05. The summed E-state index contributed by atoms with van der Waals surface area (Å²) in [4.78, 5) is 16.3. The first-order valence-corrected chi connectivity index (χ1v) is 5.06. The minimum Gasteiger partial charge on any atom is -0.292 e. The van der Waals surface area contributed by atoms with E-state index >= 15 is 0 Å². The zero-order chi connectivity index (χ0) is 9.14. The van der Waals surface area contributed by atoms with Gasteiger partial charge < -0.3 is 0 Å². The van der Waals surface area contributed by atoms with Gasteiger partial charge in [-0.15, -0.1) is 11.3 Å². The van der Waals surface area contributed by atoms with Gasteiger partial charge in [0, 0.05) is 11.3 Å². The van der Waals surface area contributed by atoms with Crippen LogP contribution in [0.4, 0.5) is 0 Å². The van der Waals surface area contributed by atoms with E-state index in [0.29, 0.717) is 16.6 Å². The van der Waals surface area contributed by atoms with Crippen molar-refractivity contribution < 1.29 is 4.79 Å². The normalized spacial score (nSPS) is 10.2. The van der Waals surface area contributed by atoms with Gasteiger partial charge in [-0.25, -0.2) is 4.98 Å². The molecule has 0 aliphatic heterocycles. The zero-order valence-electron chi connectivity index (χ0n) is 7.06. The average Bonchev–Trinajstić information content (AvgIpc) is 2.45. The molecule has 1 rings (SSSR count). The summed E-state index contributed by atoms with van der Waals surface area (Å²) in [5.41, 5.74) is 0.565. The van der Waals surface area contributed by atoms with Crippen molar-refractivity contribution in [3.05, 3.63) is 15.0 Å². The molecule has 1 aromatic heterocycles. The van der Waals surface area contributed by atoms with E-state index in [1.54, 1.807) is 0 Å². The SMILES string of the molecule is CCC(=O)c1nc(Cl)sc1CC. The number of aromatic nitrogens is 1. The number of Topliss-reactive ketones (excluding diaryl/α,β-unsaturated/α-hetero) is 1. The Morgan fingerprint density at radius 2 is 2.25 bits per heavy atom. The number of hydrogen-bond donors (Lipinski definition) is 0. The van der Waals surface area contributed by atoms with Gasteiger partial charge in [-0.05, 0) is 6.42 Å². The lowest BCUT2D eigenvalue weighted by Crippen LogP contribution is -1.99. The molecule has 0 radical (unpaired) electrons. The van der Waals surface area contributed by atoms with Gasteiger partial charge in [-0.1, -0.05) is 25.4 Å². The van der Waals surface area contributed by atoms with Crippen molar-refractivity contribution in [2.24, 2.45) is 0 Å². The lowest BCUT2D eigenvalue weighted by atomic mass is 10.2. The van der Waals surface area contributed by atoms with E-state index in [4.69, 9.17) is 11.6 Å². The van der Waals surface area contributed by atoms with E-state index in [2.05, 4.69) is 4.98 Å². The van der Waals surface area contributed by atoms with Crippen LogP contribution >= 0.6 is 22.9 Å². The van der Waals surface area contributed by atoms with Gasteiger partial charge >= 0.3 is 0 Å². The average molecular weight is 204 g/mol. The highest BCUT2D eigenvalue weighted by Gasteiger charge is 2.13. The van der Waals surface area contributed by atoms with Crippen LogP contribution in [-0.4, -0.2) is 10.8 Å². The van der Waals surface area contributed by atoms with Crippen LogP contribution in [0.25, 0.3) is 0 Å². The maximum Gasteiger partial charge on any atom is 0.184 e. The third kappa shape index (κ3) is 1.84. The highest BCUT2D eigenvalue weighted by Crippen LogP contribution is 2.23. The summed E-state index contributed by atoms with van der Waals surface area (Å²) in [6.07, 6.45) is 1.32. The molecule has 1 heterocycles. The molecule has 0 bridgehead atoms. The minimum atomic E-state index is 0.0787. The molecular weight excluding hydrogens is 194 g/mol. The zero-order valence-corrected chi connectivity index (χ0v) is 8.63. The molecule has 66 valence electrons. The maximum absolute atomic E-state index is 11.3. The largest absolute Gasteiger partial charge is 0.292 e. The van der Waals surface area contributed by atoms with Gasteiger partial charge in [0.05, 0.1) is 0 Å². The van der Waals surface area contributed by atoms with E-state index in [-0.39, 0.29) is 5.78 Å². The Hall–Kier alpha value is -0.410. The van der Waals surface area contributed by atoms with E-state index in [1.165, 1.54) is 11.3 Å². The van der Waals surface area contributed by atoms with Crippen molar-refractivity contribution in [2.75, 3.05) is 0 Å². The summed E-state index contributed by atoms with van der Waals surface area (Å²) in [5.74, 6) is 0.0787. The van der Waals surface area contributed by atoms with Crippen LogP contribution < -0.4 is 0 Å². The summed E-state index contributed by atoms with van der Waals surface area (Å²) >= 11 is 7.09. The first-order valence-electron chi connectivity index (χ1n) is 3.87. The van der Waals surface area contributed by atoms with Crippen molar-refractivity contribution in [3.8, 4) is 0 Å². The predicted molar refractivity (Wildman–Crippen MR) is 51.1 cm³/mol. The second kappa shape index (κ2) is 4.01. The molecule has 0 saturated carbocycles. The molecule has 0 unspecified atom stereocenters. The smallest absolute Gasteiger partial charge is 0.184 e. The van der Waals surface area contributed by atoms with Crippen LogP contribution in [0.3, 0.4) is 0 Å². The molecule has 0 atom stereocenters. The van der Waals surface area contributed by atoms with Crippen molar-refractivity contribution in [1.29, 1.82) is 0 Å². The third-order valence-corrected chi connectivity index (χ3v) is 2.88. The second-order valence-corrected chi connectivity index (χ2v) is 4.03. The van der Waals surface area contributed by atoms with E-state index in [9.17, 15) is 4.79 Å². The fraction of sp³-hybridized carbons (Fsp3) is 0.500. The Bertz CT molecular complexity index is 295. The Morgan fingerprint density at radius 3 is 2.75 bits per heavy atom. The molecule has 12 heavy (non-hydrogen) atoms. The number of carbonyl (C=O) groups excluding carboxylic acids is 1. The molecule has 0 aliphatic carbocycles. The minimum absolute atomic E-state index is 0.0787. The molecule has 4 heteroatoms. The molecule has 2 nitrogen and oxygen atoms in total. The molecule has 0 amide bonds. The maximum atomic E-state index is 11.3. The van der Waals surface area contributed by atoms with Crippen molar-refractivity contribution >= 4 is 28.7 Å². The summed E-state index contributed by atoms with van der Waals surface area (Å²) in [6.45, 7) is 3.82. The first-order chi connectivity index (χ1) is 5.69. The summed E-state index contributed by atoms with van der Waals surface area (Å²) < 4.78 is 0.462. The van der Waals surface area contributed by atoms with Crippen LogP contribution in [0.15, 0.2) is 0 Å². The van der Waals surface area contributed by atoms with Crippen LogP contribution in [0, 0.1) is 0 Å². The molecular formula is C8H10ClNOS. The van der Waals surface area contributed by atoms with Crippen LogP contribution in [0.1, 0.15) is 35.6 Å². The second-order valence-electron chi connectivity index (χ2n) is 2.37. The number of ketones is 1. The predicted octanol–water partition coefficient (Wildman–Crippen LogP) is 2.95. The number of halogens is 1.